The number of ether oxygens (including phenoxy) is 2. The summed E-state index contributed by atoms with van der Waals surface area (Å²) in [6.45, 7) is 13.8. The molecule has 1 fully saturated rings. The fraction of sp³-hybridized carbons (Fsp3) is 0.583. The van der Waals surface area contributed by atoms with Crippen LogP contribution in [0.5, 0.6) is 0 Å². The molecule has 3 rings (SSSR count). The van der Waals surface area contributed by atoms with E-state index in [0.717, 1.165) is 40.5 Å². The van der Waals surface area contributed by atoms with Crippen LogP contribution in [0.2, 0.25) is 0 Å². The molecule has 320 valence electrons. The van der Waals surface area contributed by atoms with Crippen molar-refractivity contribution in [2.75, 3.05) is 19.2 Å². The van der Waals surface area contributed by atoms with Gasteiger partial charge in [0.2, 0.25) is 0 Å². The van der Waals surface area contributed by atoms with Gasteiger partial charge in [-0.2, -0.15) is 0 Å². The van der Waals surface area contributed by atoms with Gasteiger partial charge in [0.1, 0.15) is 3.53 Å². The molecular formula is C48H68O7S3. The molecule has 0 bridgehead atoms. The first-order valence-electron chi connectivity index (χ1n) is 21.3. The SMILES string of the molecule is C=CC1CC(C=C)C(COCOC(=O)C(C)(C)CC(c2ccccc2)C(C(=O)O)C(CC(SC(=S)SCCCCCCCCCCCC)c2ccccc2)C(=O)O)C1. The first-order chi connectivity index (χ1) is 27.9. The summed E-state index contributed by atoms with van der Waals surface area (Å²) < 4.78 is 12.2. The van der Waals surface area contributed by atoms with Crippen LogP contribution in [0.4, 0.5) is 0 Å². The number of carbonyl (C=O) groups excluding carboxylic acids is 1. The highest BCUT2D eigenvalue weighted by Gasteiger charge is 2.45. The molecule has 1 aliphatic carbocycles. The lowest BCUT2D eigenvalue weighted by Crippen LogP contribution is -2.39. The molecule has 10 heteroatoms. The monoisotopic (exact) mass is 852 g/mol. The fourth-order valence-corrected chi connectivity index (χ4v) is 11.0. The van der Waals surface area contributed by atoms with Gasteiger partial charge in [-0.05, 0) is 86.5 Å². The predicted molar refractivity (Wildman–Crippen MR) is 245 cm³/mol. The normalized spacial score (nSPS) is 18.8. The summed E-state index contributed by atoms with van der Waals surface area (Å²) in [6.07, 6.45) is 18.5. The molecule has 0 saturated heterocycles. The standard InChI is InChI=1S/C48H68O7S3/c1-6-9-10-11-12-13-14-15-16-23-28-57-47(56)58-42(38-26-21-18-22-27-38)31-40(44(49)50)43(45(51)52)41(37-24-19-17-20-25-37)32-48(4,5)46(53)55-34-54-33-39-30-35(7-2)29-36(39)8-3/h7-8,17-22,24-27,35-36,39-43H,2-3,6,9-16,23,28-34H2,1,4-5H3,(H,49,50)(H,51,52). The molecule has 1 saturated carbocycles. The van der Waals surface area contributed by atoms with Crippen LogP contribution in [-0.2, 0) is 23.9 Å². The molecule has 58 heavy (non-hydrogen) atoms. The number of benzene rings is 2. The molecule has 2 aromatic rings. The maximum Gasteiger partial charge on any atom is 0.313 e. The molecule has 7 unspecified atom stereocenters. The minimum atomic E-state index is -1.35. The van der Waals surface area contributed by atoms with Crippen LogP contribution in [0.1, 0.15) is 133 Å². The lowest BCUT2D eigenvalue weighted by Gasteiger charge is -2.35. The third kappa shape index (κ3) is 17.0. The molecule has 2 aromatic carbocycles. The Bertz CT molecular complexity index is 1550. The number of hydrogen-bond acceptors (Lipinski definition) is 8. The van der Waals surface area contributed by atoms with Gasteiger partial charge in [0.15, 0.2) is 6.79 Å². The van der Waals surface area contributed by atoms with Gasteiger partial charge in [0, 0.05) is 5.25 Å². The highest BCUT2D eigenvalue weighted by molar-refractivity contribution is 8.47. The third-order valence-corrected chi connectivity index (χ3v) is 14.6. The van der Waals surface area contributed by atoms with Crippen LogP contribution in [0, 0.1) is 35.0 Å². The number of rotatable bonds is 29. The number of thioether (sulfide) groups is 2. The number of allylic oxidation sites excluding steroid dienone is 2. The molecule has 7 atom stereocenters. The average molecular weight is 853 g/mol. The van der Waals surface area contributed by atoms with E-state index in [-0.39, 0.29) is 30.8 Å². The Hall–Kier alpha value is -2.92. The number of carboxylic acid groups (broad SMARTS) is 2. The quantitative estimate of drug-likeness (QED) is 0.0270. The topological polar surface area (TPSA) is 110 Å². The number of esters is 1. The van der Waals surface area contributed by atoms with E-state index >= 15 is 0 Å². The van der Waals surface area contributed by atoms with Crippen molar-refractivity contribution >= 4 is 57.2 Å². The number of thiocarbonyl (C=S) groups is 1. The lowest BCUT2D eigenvalue weighted by molar-refractivity contribution is -0.169. The van der Waals surface area contributed by atoms with Crippen molar-refractivity contribution in [1.82, 2.24) is 0 Å². The summed E-state index contributed by atoms with van der Waals surface area (Å²) in [5.74, 6) is -4.55. The third-order valence-electron chi connectivity index (χ3n) is 11.6. The van der Waals surface area contributed by atoms with Crippen molar-refractivity contribution in [2.45, 2.75) is 122 Å². The Kier molecular flexibility index (Phi) is 23.0. The lowest BCUT2D eigenvalue weighted by atomic mass is 9.69. The number of aliphatic carboxylic acids is 2. The molecule has 0 radical (unpaired) electrons. The number of unbranched alkanes of at least 4 members (excludes halogenated alkanes) is 9. The molecule has 0 spiro atoms. The Morgan fingerprint density at radius 1 is 0.845 bits per heavy atom. The van der Waals surface area contributed by atoms with Gasteiger partial charge >= 0.3 is 17.9 Å². The zero-order valence-corrected chi connectivity index (χ0v) is 37.5. The fourth-order valence-electron chi connectivity index (χ4n) is 8.22. The van der Waals surface area contributed by atoms with E-state index in [1.54, 1.807) is 49.9 Å². The Balaban J connectivity index is 1.71. The van der Waals surface area contributed by atoms with Crippen molar-refractivity contribution in [1.29, 1.82) is 0 Å². The maximum absolute atomic E-state index is 13.6. The second-order valence-electron chi connectivity index (χ2n) is 16.5. The molecule has 0 amide bonds. The highest BCUT2D eigenvalue weighted by atomic mass is 32.2. The second-order valence-corrected chi connectivity index (χ2v) is 20.0. The summed E-state index contributed by atoms with van der Waals surface area (Å²) in [7, 11) is 0. The minimum absolute atomic E-state index is 0.0432. The average Bonchev–Trinajstić information content (AvgIpc) is 3.63. The Labute approximate surface area is 362 Å². The van der Waals surface area contributed by atoms with Crippen LogP contribution in [-0.4, -0.2) is 50.8 Å². The molecule has 0 heterocycles. The Morgan fingerprint density at radius 3 is 1.98 bits per heavy atom. The van der Waals surface area contributed by atoms with E-state index < -0.39 is 41.1 Å². The van der Waals surface area contributed by atoms with Crippen LogP contribution in [0.25, 0.3) is 0 Å². The van der Waals surface area contributed by atoms with E-state index in [1.165, 1.54) is 63.1 Å². The zero-order chi connectivity index (χ0) is 42.3. The minimum Gasteiger partial charge on any atom is -0.481 e. The molecular weight excluding hydrogens is 785 g/mol. The molecule has 1 aliphatic rings. The van der Waals surface area contributed by atoms with Gasteiger partial charge in [0.25, 0.3) is 0 Å². The van der Waals surface area contributed by atoms with Crippen molar-refractivity contribution in [3.63, 3.8) is 0 Å². The first-order valence-corrected chi connectivity index (χ1v) is 23.6. The van der Waals surface area contributed by atoms with Gasteiger partial charge in [-0.1, -0.05) is 162 Å². The van der Waals surface area contributed by atoms with Crippen LogP contribution >= 0.6 is 35.7 Å². The highest BCUT2D eigenvalue weighted by Crippen LogP contribution is 2.46. The van der Waals surface area contributed by atoms with E-state index in [2.05, 4.69) is 20.1 Å². The summed E-state index contributed by atoms with van der Waals surface area (Å²) in [4.78, 5) is 40.3. The van der Waals surface area contributed by atoms with Gasteiger partial charge in [-0.15, -0.1) is 24.9 Å². The van der Waals surface area contributed by atoms with Crippen molar-refractivity contribution in [3.8, 4) is 0 Å². The van der Waals surface area contributed by atoms with Gasteiger partial charge in [0.05, 0.1) is 23.9 Å². The summed E-state index contributed by atoms with van der Waals surface area (Å²) in [5, 5.41) is 21.3. The molecule has 7 nitrogen and oxygen atoms in total. The molecule has 0 aromatic heterocycles. The number of carboxylic acids is 2. The smallest absolute Gasteiger partial charge is 0.313 e. The van der Waals surface area contributed by atoms with E-state index in [0.29, 0.717) is 24.0 Å². The van der Waals surface area contributed by atoms with E-state index in [9.17, 15) is 24.6 Å². The number of hydrogen-bond donors (Lipinski definition) is 2. The summed E-state index contributed by atoms with van der Waals surface area (Å²) in [6, 6.07) is 18.7. The zero-order valence-electron chi connectivity index (χ0n) is 35.1. The van der Waals surface area contributed by atoms with Crippen molar-refractivity contribution in [3.05, 3.63) is 97.1 Å². The van der Waals surface area contributed by atoms with Gasteiger partial charge < -0.3 is 19.7 Å². The summed E-state index contributed by atoms with van der Waals surface area (Å²) >= 11 is 8.92. The van der Waals surface area contributed by atoms with Crippen LogP contribution in [0.15, 0.2) is 86.0 Å². The predicted octanol–water partition coefficient (Wildman–Crippen LogP) is 12.9. The first kappa shape index (κ1) is 49.4. The Morgan fingerprint density at radius 2 is 1.43 bits per heavy atom. The van der Waals surface area contributed by atoms with Crippen LogP contribution in [0.3, 0.4) is 0 Å². The van der Waals surface area contributed by atoms with Gasteiger partial charge in [-0.3, -0.25) is 14.4 Å². The number of carbonyl (C=O) groups is 3. The second kappa shape index (κ2) is 27.0. The van der Waals surface area contributed by atoms with Crippen molar-refractivity contribution < 1.29 is 34.1 Å². The largest absolute Gasteiger partial charge is 0.481 e. The van der Waals surface area contributed by atoms with E-state index in [4.69, 9.17) is 21.7 Å². The maximum atomic E-state index is 13.6. The van der Waals surface area contributed by atoms with E-state index in [1.807, 2.05) is 48.6 Å². The summed E-state index contributed by atoms with van der Waals surface area (Å²) in [5.41, 5.74) is 0.381. The molecule has 2 N–H and O–H groups in total. The van der Waals surface area contributed by atoms with Crippen LogP contribution < -0.4 is 0 Å². The molecule has 0 aliphatic heterocycles. The van der Waals surface area contributed by atoms with Crippen molar-refractivity contribution in [2.24, 2.45) is 35.0 Å². The van der Waals surface area contributed by atoms with Gasteiger partial charge in [-0.25, -0.2) is 0 Å².